The van der Waals surface area contributed by atoms with Crippen LogP contribution in [0.1, 0.15) is 35.7 Å². The first-order valence-corrected chi connectivity index (χ1v) is 13.1. The Bertz CT molecular complexity index is 1280. The van der Waals surface area contributed by atoms with Crippen LogP contribution in [-0.2, 0) is 14.8 Å². The van der Waals surface area contributed by atoms with Gasteiger partial charge in [-0.1, -0.05) is 54.8 Å². The number of hydrogen-bond donors (Lipinski definition) is 2. The molecule has 0 atom stereocenters. The molecule has 0 unspecified atom stereocenters. The van der Waals surface area contributed by atoms with Crippen molar-refractivity contribution in [3.8, 4) is 0 Å². The van der Waals surface area contributed by atoms with E-state index < -0.39 is 22.5 Å². The number of halogens is 1. The largest absolute Gasteiger partial charge is 0.352 e. The van der Waals surface area contributed by atoms with Crippen molar-refractivity contribution in [1.29, 1.82) is 0 Å². The monoisotopic (exact) mass is 513 g/mol. The predicted molar refractivity (Wildman–Crippen MR) is 139 cm³/mol. The molecule has 0 aliphatic carbocycles. The second-order valence-electron chi connectivity index (χ2n) is 8.00. The molecule has 9 heteroatoms. The third-order valence-electron chi connectivity index (χ3n) is 5.27. The first kappa shape index (κ1) is 26.2. The van der Waals surface area contributed by atoms with Crippen LogP contribution in [0, 0.1) is 6.92 Å². The minimum absolute atomic E-state index is 0.00553. The Balaban J connectivity index is 1.88. The number of nitrogens with one attached hydrogen (secondary N) is 2. The maximum Gasteiger partial charge on any atom is 0.264 e. The lowest BCUT2D eigenvalue weighted by Crippen LogP contribution is -2.38. The Morgan fingerprint density at radius 2 is 1.60 bits per heavy atom. The van der Waals surface area contributed by atoms with Crippen LogP contribution in [0.2, 0.25) is 5.02 Å². The average molecular weight is 514 g/mol. The lowest BCUT2D eigenvalue weighted by atomic mass is 10.1. The van der Waals surface area contributed by atoms with E-state index in [1.54, 1.807) is 48.5 Å². The van der Waals surface area contributed by atoms with Crippen molar-refractivity contribution in [2.24, 2.45) is 0 Å². The van der Waals surface area contributed by atoms with E-state index >= 15 is 0 Å². The first-order valence-electron chi connectivity index (χ1n) is 11.2. The van der Waals surface area contributed by atoms with Gasteiger partial charge >= 0.3 is 0 Å². The second kappa shape index (κ2) is 11.9. The van der Waals surface area contributed by atoms with Crippen LogP contribution in [0.3, 0.4) is 0 Å². The predicted octanol–water partition coefficient (Wildman–Crippen LogP) is 5.01. The summed E-state index contributed by atoms with van der Waals surface area (Å²) in [6, 6.07) is 19.2. The lowest BCUT2D eigenvalue weighted by Gasteiger charge is -2.24. The summed E-state index contributed by atoms with van der Waals surface area (Å²) in [4.78, 5) is 25.7. The molecule has 0 saturated heterocycles. The number of anilines is 2. The molecule has 0 radical (unpaired) electrons. The van der Waals surface area contributed by atoms with Crippen molar-refractivity contribution in [1.82, 2.24) is 5.32 Å². The van der Waals surface area contributed by atoms with E-state index in [-0.39, 0.29) is 10.8 Å². The maximum atomic E-state index is 13.5. The summed E-state index contributed by atoms with van der Waals surface area (Å²) in [6.07, 6.45) is 1.78. The zero-order valence-electron chi connectivity index (χ0n) is 19.6. The van der Waals surface area contributed by atoms with E-state index in [4.69, 9.17) is 11.6 Å². The van der Waals surface area contributed by atoms with E-state index in [0.29, 0.717) is 28.5 Å². The van der Waals surface area contributed by atoms with Gasteiger partial charge < -0.3 is 10.6 Å². The highest BCUT2D eigenvalue weighted by molar-refractivity contribution is 7.92. The first-order chi connectivity index (χ1) is 16.7. The molecule has 0 aliphatic heterocycles. The van der Waals surface area contributed by atoms with Crippen LogP contribution >= 0.6 is 11.6 Å². The highest BCUT2D eigenvalue weighted by Gasteiger charge is 2.27. The number of benzene rings is 3. The van der Waals surface area contributed by atoms with Crippen molar-refractivity contribution in [3.05, 3.63) is 88.9 Å². The molecule has 2 N–H and O–H groups in total. The molecule has 7 nitrogen and oxygen atoms in total. The highest BCUT2D eigenvalue weighted by Crippen LogP contribution is 2.25. The van der Waals surface area contributed by atoms with E-state index in [1.807, 2.05) is 13.8 Å². The third-order valence-corrected chi connectivity index (χ3v) is 7.31. The zero-order valence-corrected chi connectivity index (χ0v) is 21.2. The minimum Gasteiger partial charge on any atom is -0.352 e. The van der Waals surface area contributed by atoms with Gasteiger partial charge in [-0.05, 0) is 61.9 Å². The van der Waals surface area contributed by atoms with E-state index in [2.05, 4.69) is 10.6 Å². The fourth-order valence-corrected chi connectivity index (χ4v) is 4.89. The molecule has 0 heterocycles. The fraction of sp³-hybridized carbons (Fsp3) is 0.231. The summed E-state index contributed by atoms with van der Waals surface area (Å²) in [5.74, 6) is -0.893. The summed E-state index contributed by atoms with van der Waals surface area (Å²) in [7, 11) is -4.08. The van der Waals surface area contributed by atoms with Crippen molar-refractivity contribution in [2.45, 2.75) is 31.6 Å². The standard InChI is InChI=1S/C26H28ClN3O4S/c1-3-4-17-28-26(32)23-7-5-6-8-24(23)29-25(31)18-30(21-13-9-19(2)10-14-21)35(33,34)22-15-11-20(27)12-16-22/h5-16H,3-4,17-18H2,1-2H3,(H,28,32)(H,29,31). The minimum atomic E-state index is -4.08. The molecule has 0 spiro atoms. The summed E-state index contributed by atoms with van der Waals surface area (Å²) in [6.45, 7) is 3.95. The third kappa shape index (κ3) is 6.83. The molecule has 3 aromatic rings. The average Bonchev–Trinajstić information content (AvgIpc) is 2.84. The lowest BCUT2D eigenvalue weighted by molar-refractivity contribution is -0.114. The van der Waals surface area contributed by atoms with Gasteiger partial charge in [0.05, 0.1) is 21.8 Å². The zero-order chi connectivity index (χ0) is 25.4. The van der Waals surface area contributed by atoms with Gasteiger partial charge in [0.1, 0.15) is 6.54 Å². The van der Waals surface area contributed by atoms with E-state index in [1.165, 1.54) is 24.3 Å². The van der Waals surface area contributed by atoms with Crippen molar-refractivity contribution >= 4 is 44.8 Å². The number of unbranched alkanes of at least 4 members (excludes halogenated alkanes) is 1. The Kier molecular flexibility index (Phi) is 8.89. The highest BCUT2D eigenvalue weighted by atomic mass is 35.5. The van der Waals surface area contributed by atoms with E-state index in [0.717, 1.165) is 22.7 Å². The molecule has 0 saturated carbocycles. The number of para-hydroxylation sites is 1. The fourth-order valence-electron chi connectivity index (χ4n) is 3.34. The topological polar surface area (TPSA) is 95.6 Å². The molecule has 184 valence electrons. The van der Waals surface area contributed by atoms with Crippen molar-refractivity contribution in [2.75, 3.05) is 22.7 Å². The van der Waals surface area contributed by atoms with Gasteiger partial charge in [0.15, 0.2) is 0 Å². The number of nitrogens with zero attached hydrogens (tertiary/aromatic N) is 1. The van der Waals surface area contributed by atoms with Gasteiger partial charge in [-0.2, -0.15) is 0 Å². The number of rotatable bonds is 10. The maximum absolute atomic E-state index is 13.5. The number of carbonyl (C=O) groups is 2. The van der Waals surface area contributed by atoms with Crippen LogP contribution in [-0.4, -0.2) is 33.3 Å². The van der Waals surface area contributed by atoms with Gasteiger partial charge in [-0.15, -0.1) is 0 Å². The number of sulfonamides is 1. The van der Waals surface area contributed by atoms with Crippen LogP contribution in [0.25, 0.3) is 0 Å². The van der Waals surface area contributed by atoms with Gasteiger partial charge in [-0.3, -0.25) is 13.9 Å². The second-order valence-corrected chi connectivity index (χ2v) is 10.3. The Morgan fingerprint density at radius 1 is 0.943 bits per heavy atom. The van der Waals surface area contributed by atoms with Gasteiger partial charge in [0, 0.05) is 11.6 Å². The SMILES string of the molecule is CCCCNC(=O)c1ccccc1NC(=O)CN(c1ccc(C)cc1)S(=O)(=O)c1ccc(Cl)cc1. The van der Waals surface area contributed by atoms with Gasteiger partial charge in [0.25, 0.3) is 15.9 Å². The van der Waals surface area contributed by atoms with Crippen LogP contribution < -0.4 is 14.9 Å². The quantitative estimate of drug-likeness (QED) is 0.372. The smallest absolute Gasteiger partial charge is 0.264 e. The molecule has 3 aromatic carbocycles. The molecule has 2 amide bonds. The van der Waals surface area contributed by atoms with Crippen LogP contribution in [0.4, 0.5) is 11.4 Å². The Morgan fingerprint density at radius 3 is 2.26 bits per heavy atom. The van der Waals surface area contributed by atoms with Gasteiger partial charge in [0.2, 0.25) is 5.91 Å². The van der Waals surface area contributed by atoms with Gasteiger partial charge in [-0.25, -0.2) is 8.42 Å². The number of hydrogen-bond acceptors (Lipinski definition) is 4. The van der Waals surface area contributed by atoms with Crippen molar-refractivity contribution < 1.29 is 18.0 Å². The molecule has 0 aromatic heterocycles. The number of carbonyl (C=O) groups excluding carboxylic acids is 2. The van der Waals surface area contributed by atoms with Crippen molar-refractivity contribution in [3.63, 3.8) is 0 Å². The number of amides is 2. The molecule has 0 bridgehead atoms. The van der Waals surface area contributed by atoms with Crippen LogP contribution in [0.15, 0.2) is 77.7 Å². The summed E-state index contributed by atoms with van der Waals surface area (Å²) < 4.78 is 28.0. The molecule has 3 rings (SSSR count). The summed E-state index contributed by atoms with van der Waals surface area (Å²) in [5.41, 5.74) is 1.90. The molecule has 0 aliphatic rings. The Hall–Kier alpha value is -3.36. The molecular formula is C26H28ClN3O4S. The molecule has 0 fully saturated rings. The normalized spacial score (nSPS) is 11.1. The molecular weight excluding hydrogens is 486 g/mol. The summed E-state index contributed by atoms with van der Waals surface area (Å²) >= 11 is 5.93. The summed E-state index contributed by atoms with van der Waals surface area (Å²) in [5, 5.41) is 5.93. The van der Waals surface area contributed by atoms with Crippen LogP contribution in [0.5, 0.6) is 0 Å². The Labute approximate surface area is 211 Å². The molecule has 35 heavy (non-hydrogen) atoms. The van der Waals surface area contributed by atoms with E-state index in [9.17, 15) is 18.0 Å². The number of aryl methyl sites for hydroxylation is 1.